The minimum absolute atomic E-state index is 0.0948. The Morgan fingerprint density at radius 2 is 2.31 bits per heavy atom. The lowest BCUT2D eigenvalue weighted by Gasteiger charge is -2.26. The van der Waals surface area contributed by atoms with Gasteiger partial charge in [-0.1, -0.05) is 36.8 Å². The van der Waals surface area contributed by atoms with Gasteiger partial charge in [0, 0.05) is 6.61 Å². The number of aryl methyl sites for hydroxylation is 1. The minimum Gasteiger partial charge on any atom is -0.376 e. The van der Waals surface area contributed by atoms with Crippen LogP contribution in [0.4, 0.5) is 0 Å². The summed E-state index contributed by atoms with van der Waals surface area (Å²) < 4.78 is 5.77. The normalized spacial score (nSPS) is 26.9. The van der Waals surface area contributed by atoms with Crippen LogP contribution in [0.1, 0.15) is 30.5 Å². The highest BCUT2D eigenvalue weighted by molar-refractivity contribution is 5.26. The maximum Gasteiger partial charge on any atom is 0.0808 e. The van der Waals surface area contributed by atoms with Crippen LogP contribution in [-0.4, -0.2) is 12.7 Å². The number of rotatable bonds is 3. The average molecular weight is 220 g/mol. The highest BCUT2D eigenvalue weighted by atomic mass is 16.5. The summed E-state index contributed by atoms with van der Waals surface area (Å²) in [5.74, 6) is 6.22. The van der Waals surface area contributed by atoms with Crippen molar-refractivity contribution in [2.75, 3.05) is 6.61 Å². The number of hydrogen-bond donors (Lipinski definition) is 2. The van der Waals surface area contributed by atoms with Gasteiger partial charge in [-0.2, -0.15) is 0 Å². The second-order valence-electron chi connectivity index (χ2n) is 4.66. The van der Waals surface area contributed by atoms with Crippen LogP contribution in [0.3, 0.4) is 0 Å². The molecule has 0 aromatic heterocycles. The zero-order valence-corrected chi connectivity index (χ0v) is 9.94. The molecule has 0 spiro atoms. The number of hydrazine groups is 1. The van der Waals surface area contributed by atoms with Crippen LogP contribution in [0.15, 0.2) is 24.3 Å². The first-order valence-electron chi connectivity index (χ1n) is 5.86. The molecule has 3 heteroatoms. The Hall–Kier alpha value is -0.900. The molecular weight excluding hydrogens is 200 g/mol. The van der Waals surface area contributed by atoms with Gasteiger partial charge in [0.1, 0.15) is 0 Å². The van der Waals surface area contributed by atoms with Gasteiger partial charge in [0.25, 0.3) is 0 Å². The number of benzene rings is 1. The van der Waals surface area contributed by atoms with E-state index in [0.29, 0.717) is 5.92 Å². The van der Waals surface area contributed by atoms with E-state index in [2.05, 4.69) is 43.5 Å². The van der Waals surface area contributed by atoms with Crippen LogP contribution >= 0.6 is 0 Å². The standard InChI is InChI=1S/C13H20N2O/c1-9-4-3-5-11(8-9)12(15-14)13-10(2)6-7-16-13/h3-5,8,10,12-13,15H,6-7,14H2,1-2H3. The van der Waals surface area contributed by atoms with Crippen molar-refractivity contribution in [1.29, 1.82) is 0 Å². The first kappa shape index (κ1) is 11.6. The fourth-order valence-electron chi connectivity index (χ4n) is 2.39. The van der Waals surface area contributed by atoms with E-state index in [1.165, 1.54) is 11.1 Å². The molecule has 1 heterocycles. The molecule has 3 unspecified atom stereocenters. The van der Waals surface area contributed by atoms with Crippen LogP contribution in [0.2, 0.25) is 0 Å². The van der Waals surface area contributed by atoms with Gasteiger partial charge < -0.3 is 4.74 Å². The lowest BCUT2D eigenvalue weighted by molar-refractivity contribution is 0.0607. The highest BCUT2D eigenvalue weighted by Crippen LogP contribution is 2.30. The van der Waals surface area contributed by atoms with E-state index in [9.17, 15) is 0 Å². The molecule has 0 aliphatic carbocycles. The summed E-state index contributed by atoms with van der Waals surface area (Å²) in [4.78, 5) is 0. The first-order chi connectivity index (χ1) is 7.72. The Balaban J connectivity index is 2.21. The zero-order chi connectivity index (χ0) is 11.5. The van der Waals surface area contributed by atoms with Crippen LogP contribution in [0.25, 0.3) is 0 Å². The van der Waals surface area contributed by atoms with Crippen LogP contribution in [-0.2, 0) is 4.74 Å². The SMILES string of the molecule is Cc1cccc(C(NN)C2OCCC2C)c1. The third-order valence-electron chi connectivity index (χ3n) is 3.35. The van der Waals surface area contributed by atoms with E-state index in [1.807, 2.05) is 0 Å². The maximum absolute atomic E-state index is 5.77. The molecule has 0 amide bonds. The van der Waals surface area contributed by atoms with Crippen LogP contribution < -0.4 is 11.3 Å². The van der Waals surface area contributed by atoms with Gasteiger partial charge in [-0.25, -0.2) is 0 Å². The van der Waals surface area contributed by atoms with Crippen LogP contribution in [0, 0.1) is 12.8 Å². The molecule has 1 aliphatic rings. The Morgan fingerprint density at radius 3 is 2.88 bits per heavy atom. The smallest absolute Gasteiger partial charge is 0.0808 e. The summed E-state index contributed by atoms with van der Waals surface area (Å²) >= 11 is 0. The van der Waals surface area contributed by atoms with E-state index in [4.69, 9.17) is 10.6 Å². The Kier molecular flexibility index (Phi) is 3.59. The fraction of sp³-hybridized carbons (Fsp3) is 0.538. The van der Waals surface area contributed by atoms with E-state index in [0.717, 1.165) is 13.0 Å². The Bertz CT molecular complexity index is 354. The third-order valence-corrected chi connectivity index (χ3v) is 3.35. The van der Waals surface area contributed by atoms with Crippen molar-refractivity contribution in [3.63, 3.8) is 0 Å². The van der Waals surface area contributed by atoms with Gasteiger partial charge in [-0.15, -0.1) is 0 Å². The molecule has 16 heavy (non-hydrogen) atoms. The van der Waals surface area contributed by atoms with E-state index >= 15 is 0 Å². The topological polar surface area (TPSA) is 47.3 Å². The average Bonchev–Trinajstić information content (AvgIpc) is 2.67. The van der Waals surface area contributed by atoms with Gasteiger partial charge >= 0.3 is 0 Å². The lowest BCUT2D eigenvalue weighted by atomic mass is 9.92. The molecule has 3 N–H and O–H groups in total. The molecule has 0 radical (unpaired) electrons. The van der Waals surface area contributed by atoms with E-state index < -0.39 is 0 Å². The lowest BCUT2D eigenvalue weighted by Crippen LogP contribution is -2.38. The molecule has 1 saturated heterocycles. The number of nitrogens with one attached hydrogen (secondary N) is 1. The second-order valence-corrected chi connectivity index (χ2v) is 4.66. The second kappa shape index (κ2) is 4.95. The quantitative estimate of drug-likeness (QED) is 0.604. The summed E-state index contributed by atoms with van der Waals surface area (Å²) in [6.45, 7) is 5.16. The maximum atomic E-state index is 5.77. The van der Waals surface area contributed by atoms with Gasteiger partial charge in [0.15, 0.2) is 0 Å². The van der Waals surface area contributed by atoms with E-state index in [-0.39, 0.29) is 12.1 Å². The van der Waals surface area contributed by atoms with Crippen molar-refractivity contribution in [3.05, 3.63) is 35.4 Å². The van der Waals surface area contributed by atoms with Crippen molar-refractivity contribution >= 4 is 0 Å². The molecule has 0 bridgehead atoms. The first-order valence-corrected chi connectivity index (χ1v) is 5.86. The summed E-state index contributed by atoms with van der Waals surface area (Å²) in [7, 11) is 0. The highest BCUT2D eigenvalue weighted by Gasteiger charge is 2.32. The molecule has 88 valence electrons. The number of ether oxygens (including phenoxy) is 1. The molecule has 1 aromatic rings. The van der Waals surface area contributed by atoms with Crippen molar-refractivity contribution in [3.8, 4) is 0 Å². The molecule has 3 nitrogen and oxygen atoms in total. The predicted octanol–water partition coefficient (Wildman–Crippen LogP) is 1.92. The van der Waals surface area contributed by atoms with Crippen molar-refractivity contribution in [1.82, 2.24) is 5.43 Å². The van der Waals surface area contributed by atoms with Gasteiger partial charge in [-0.05, 0) is 24.8 Å². The summed E-state index contributed by atoms with van der Waals surface area (Å²) in [5, 5.41) is 0. The van der Waals surface area contributed by atoms with Gasteiger partial charge in [0.2, 0.25) is 0 Å². The Morgan fingerprint density at radius 1 is 1.50 bits per heavy atom. The number of nitrogens with two attached hydrogens (primary N) is 1. The third kappa shape index (κ3) is 2.26. The predicted molar refractivity (Wildman–Crippen MR) is 64.8 cm³/mol. The Labute approximate surface area is 97.0 Å². The summed E-state index contributed by atoms with van der Waals surface area (Å²) in [6.07, 6.45) is 1.31. The molecule has 3 atom stereocenters. The molecule has 1 aliphatic heterocycles. The fourth-order valence-corrected chi connectivity index (χ4v) is 2.39. The van der Waals surface area contributed by atoms with Crippen molar-refractivity contribution in [2.24, 2.45) is 11.8 Å². The van der Waals surface area contributed by atoms with Gasteiger partial charge in [0.05, 0.1) is 12.1 Å². The molecule has 2 rings (SSSR count). The van der Waals surface area contributed by atoms with E-state index in [1.54, 1.807) is 0 Å². The minimum atomic E-state index is 0.0948. The number of hydrogen-bond acceptors (Lipinski definition) is 3. The van der Waals surface area contributed by atoms with Crippen molar-refractivity contribution in [2.45, 2.75) is 32.4 Å². The molecule has 0 saturated carbocycles. The summed E-state index contributed by atoms with van der Waals surface area (Å²) in [5.41, 5.74) is 5.36. The molecule has 1 aromatic carbocycles. The van der Waals surface area contributed by atoms with Crippen LogP contribution in [0.5, 0.6) is 0 Å². The zero-order valence-electron chi connectivity index (χ0n) is 9.94. The monoisotopic (exact) mass is 220 g/mol. The van der Waals surface area contributed by atoms with Gasteiger partial charge in [-0.3, -0.25) is 11.3 Å². The molecule has 1 fully saturated rings. The summed E-state index contributed by atoms with van der Waals surface area (Å²) in [6, 6.07) is 8.52. The van der Waals surface area contributed by atoms with Crippen molar-refractivity contribution < 1.29 is 4.74 Å². The largest absolute Gasteiger partial charge is 0.376 e. The molecular formula is C13H20N2O.